The SMILES string of the molecule is C.C=CCCCOc1ccc(C2=c3cc4c(cc3OC2=O)=C(c2ccc(OCCCOOCC=C)cc2)C(=O)O4)cc1.O=C=O.O=PCCCOc1ccc(C(O)C(=O)O)cc1.O=PCCCOc1ccc(C(O)C(=O)O)cc1.O=PCCCOc1ccc(C2=c3cc4c(cc3OC2=O)=C(c2ccc(OCCCOP)cc2)C(=O)O4)cc1.O=PCCCOc1ccc2c(c1)C(c1ccc(O)cc1)C(=O)O2.Oc1ccc(O)cc1. The van der Waals surface area contributed by atoms with Gasteiger partial charge in [-0.1, -0.05) is 105 Å². The number of aliphatic hydroxyl groups is 2. The number of hydrogen-bond donors (Lipinski definition) is 7. The molecule has 7 N–H and O–H groups in total. The zero-order valence-electron chi connectivity index (χ0n) is 78.8. The van der Waals surface area contributed by atoms with Crippen molar-refractivity contribution in [1.29, 1.82) is 0 Å². The van der Waals surface area contributed by atoms with E-state index in [-0.39, 0.29) is 70.6 Å². The molecular formula is C108H105O35P5. The van der Waals surface area contributed by atoms with Crippen LogP contribution in [0.3, 0.4) is 0 Å². The number of aliphatic carboxylic acids is 2. The molecule has 0 aromatic heterocycles. The van der Waals surface area contributed by atoms with Crippen LogP contribution < -0.4 is 77.7 Å². The van der Waals surface area contributed by atoms with Crippen LogP contribution in [-0.4, -0.2) is 174 Å². The number of rotatable bonds is 47. The molecule has 35 nitrogen and oxygen atoms in total. The highest BCUT2D eigenvalue weighted by Gasteiger charge is 2.37. The third-order valence-electron chi connectivity index (χ3n) is 21.2. The minimum Gasteiger partial charge on any atom is -0.508 e. The summed E-state index contributed by atoms with van der Waals surface area (Å²) in [5, 5.41) is 64.6. The second-order valence-corrected chi connectivity index (χ2v) is 34.5. The Bertz CT molecular complexity index is 6590. The predicted octanol–water partition coefficient (Wildman–Crippen LogP) is 16.1. The largest absolute Gasteiger partial charge is 0.508 e. The van der Waals surface area contributed by atoms with Gasteiger partial charge in [0.2, 0.25) is 0 Å². The highest BCUT2D eigenvalue weighted by Crippen LogP contribution is 2.42. The van der Waals surface area contributed by atoms with E-state index in [1.807, 2.05) is 30.3 Å². The lowest BCUT2D eigenvalue weighted by Gasteiger charge is -2.10. The number of aromatic hydroxyl groups is 3. The molecule has 0 saturated carbocycles. The fourth-order valence-corrected chi connectivity index (χ4v) is 15.4. The maximum absolute atomic E-state index is 12.9. The standard InChI is InChI=1S/C33H30O8.C28H24O8P2.C17H15O5P.2C11H13O5P.C6H6O2.CO2.CH4/c1-3-5-6-17-36-24-12-8-22(9-13-24)30-26-20-29-27(21-28(26)40-32(30)34)31(33(35)41-29)23-10-14-25(15-11-23)37-18-7-19-39-38-16-4-2;29-27-25(17-3-7-19(8-4-17)32-11-1-13-34-37)21-15-24-22(16-23(21)35-27)26(28(30)36-24)18-5-9-20(10-6-18)33-12-2-14-38-31;18-12-4-2-11(3-5-12)16-14-10-13(21-8-1-9-23-20)6-7-15(14)22-17(16)19;2*12-10(11(13)14)8-2-4-9(5-3-8)16-6-1-7-17-15;7-5-1-2-6(8)4-3-5;2-1-3;/h3-4,8-15,20-21H,1-2,5-7,16-19H2;3-10,15-16H,1-2,11-14,37H2;2-7,10,16,18H,1,8-9H2;2*2-5,10,12H,1,6-7H2,(H,13,14);1-4,7-8H;;1H4. The molecule has 0 spiro atoms. The fraction of sp³-hybridized carbons (Fsp3) is 0.241. The van der Waals surface area contributed by atoms with Crippen LogP contribution in [0, 0.1) is 0 Å². The molecule has 5 aliphatic rings. The Balaban J connectivity index is 0.000000208. The Morgan fingerprint density at radius 3 is 0.939 bits per heavy atom. The zero-order chi connectivity index (χ0) is 105. The number of ether oxygens (including phenoxy) is 12. The highest BCUT2D eigenvalue weighted by molar-refractivity contribution is 7.24. The molecule has 16 rings (SSSR count). The van der Waals surface area contributed by atoms with Gasteiger partial charge in [-0.05, 0) is 229 Å². The number of phenolic OH excluding ortho intramolecular Hbond substituents is 3. The lowest BCUT2D eigenvalue weighted by atomic mass is 9.92. The molecule has 0 aliphatic carbocycles. The molecule has 11 aromatic carbocycles. The van der Waals surface area contributed by atoms with Crippen molar-refractivity contribution in [3.8, 4) is 86.2 Å². The number of carboxylic acids is 2. The number of allylic oxidation sites excluding steroid dienone is 1. The van der Waals surface area contributed by atoms with E-state index in [9.17, 15) is 67.1 Å². The van der Waals surface area contributed by atoms with E-state index in [4.69, 9.17) is 101 Å². The molecule has 5 heterocycles. The van der Waals surface area contributed by atoms with E-state index >= 15 is 0 Å². The minimum atomic E-state index is -1.51. The third kappa shape index (κ3) is 35.0. The number of aliphatic hydroxyl groups excluding tert-OH is 2. The van der Waals surface area contributed by atoms with Crippen molar-refractivity contribution < 1.29 is 168 Å². The van der Waals surface area contributed by atoms with Crippen LogP contribution in [0.2, 0.25) is 0 Å². The fourth-order valence-electron chi connectivity index (χ4n) is 14.2. The number of carboxylic acid groups (broad SMARTS) is 2. The van der Waals surface area contributed by atoms with Gasteiger partial charge in [0.05, 0.1) is 81.8 Å². The number of benzene rings is 11. The lowest BCUT2D eigenvalue weighted by molar-refractivity contribution is -0.287. The lowest BCUT2D eigenvalue weighted by Crippen LogP contribution is -2.11. The van der Waals surface area contributed by atoms with Gasteiger partial charge in [-0.25, -0.2) is 38.5 Å². The summed E-state index contributed by atoms with van der Waals surface area (Å²) in [4.78, 5) is 111. The van der Waals surface area contributed by atoms with E-state index < -0.39 is 53.9 Å². The van der Waals surface area contributed by atoms with Crippen LogP contribution in [-0.2, 0) is 75.7 Å². The van der Waals surface area contributed by atoms with E-state index in [1.165, 1.54) is 48.5 Å². The monoisotopic (exact) mass is 2120 g/mol. The third-order valence-corrected chi connectivity index (χ3v) is 23.4. The van der Waals surface area contributed by atoms with Crippen LogP contribution in [0.4, 0.5) is 0 Å². The van der Waals surface area contributed by atoms with Crippen molar-refractivity contribution in [3.63, 3.8) is 0 Å². The first-order chi connectivity index (χ1) is 71.4. The number of phenols is 3. The van der Waals surface area contributed by atoms with Crippen LogP contribution in [0.25, 0.3) is 22.3 Å². The molecule has 148 heavy (non-hydrogen) atoms. The van der Waals surface area contributed by atoms with Crippen molar-refractivity contribution in [2.75, 3.05) is 90.7 Å². The van der Waals surface area contributed by atoms with Gasteiger partial charge in [0.15, 0.2) is 46.0 Å². The molecule has 0 amide bonds. The van der Waals surface area contributed by atoms with Gasteiger partial charge in [-0.2, -0.15) is 9.59 Å². The summed E-state index contributed by atoms with van der Waals surface area (Å²) in [6.07, 6.45) is 8.81. The Kier molecular flexibility index (Phi) is 48.6. The van der Waals surface area contributed by atoms with Gasteiger partial charge in [-0.15, -0.1) is 13.2 Å². The summed E-state index contributed by atoms with van der Waals surface area (Å²) in [5.74, 6) is 1.73. The summed E-state index contributed by atoms with van der Waals surface area (Å²) < 4.78 is 113. The first-order valence-corrected chi connectivity index (χ1v) is 50.0. The first kappa shape index (κ1) is 116. The molecule has 4 unspecified atom stereocenters. The quantitative estimate of drug-likeness (QED) is 0.00272. The summed E-state index contributed by atoms with van der Waals surface area (Å²) in [6, 6.07) is 65.3. The maximum Gasteiger partial charge on any atom is 0.373 e. The average Bonchev–Trinajstić information content (AvgIpc) is 1.62. The predicted molar refractivity (Wildman–Crippen MR) is 545 cm³/mol. The molecule has 772 valence electrons. The summed E-state index contributed by atoms with van der Waals surface area (Å²) in [5.41, 5.74) is 6.40. The zero-order valence-corrected chi connectivity index (χ0v) is 83.5. The topological polar surface area (TPSA) is 502 Å². The van der Waals surface area contributed by atoms with Crippen molar-refractivity contribution in [3.05, 3.63) is 327 Å². The van der Waals surface area contributed by atoms with Gasteiger partial charge < -0.3 is 97.1 Å². The van der Waals surface area contributed by atoms with Crippen molar-refractivity contribution in [1.82, 2.24) is 0 Å². The molecule has 5 aliphatic heterocycles. The van der Waals surface area contributed by atoms with Crippen LogP contribution >= 0.6 is 43.3 Å². The molecule has 0 radical (unpaired) electrons. The van der Waals surface area contributed by atoms with Gasteiger partial charge >= 0.3 is 47.9 Å². The van der Waals surface area contributed by atoms with Crippen molar-refractivity contribution in [2.24, 2.45) is 0 Å². The van der Waals surface area contributed by atoms with E-state index in [0.29, 0.717) is 268 Å². The minimum absolute atomic E-state index is 0. The van der Waals surface area contributed by atoms with Gasteiger partial charge in [0.25, 0.3) is 0 Å². The normalized spacial score (nSPS) is 13.1. The highest BCUT2D eigenvalue weighted by atomic mass is 31.1. The summed E-state index contributed by atoms with van der Waals surface area (Å²) >= 11 is 0. The molecule has 0 fully saturated rings. The second kappa shape index (κ2) is 61.8. The second-order valence-electron chi connectivity index (χ2n) is 31.4. The molecule has 0 saturated heterocycles. The Labute approximate surface area is 858 Å². The molecule has 11 aromatic rings. The molecular weight excluding hydrogens is 2010 g/mol. The summed E-state index contributed by atoms with van der Waals surface area (Å²) in [7, 11) is 2.63. The van der Waals surface area contributed by atoms with E-state index in [1.54, 1.807) is 170 Å². The molecule has 4 atom stereocenters. The van der Waals surface area contributed by atoms with Crippen LogP contribution in [0.1, 0.15) is 121 Å². The Hall–Kier alpha value is -15.3. The maximum atomic E-state index is 12.9. The molecule has 40 heteroatoms. The number of hydrogen-bond acceptors (Lipinski definition) is 33. The first-order valence-electron chi connectivity index (χ1n) is 45.5. The van der Waals surface area contributed by atoms with Crippen LogP contribution in [0.15, 0.2) is 262 Å². The Morgan fingerprint density at radius 2 is 0.642 bits per heavy atom. The van der Waals surface area contributed by atoms with Crippen LogP contribution in [0.5, 0.6) is 86.2 Å². The average molecular weight is 2120 g/mol. The number of esters is 5. The van der Waals surface area contributed by atoms with E-state index in [0.717, 1.165) is 30.4 Å². The number of carbonyl (C=O) groups excluding carboxylic acids is 7. The number of fused-ring (bicyclic) bond motifs is 5. The van der Waals surface area contributed by atoms with Crippen molar-refractivity contribution in [2.45, 2.75) is 76.9 Å². The van der Waals surface area contributed by atoms with Gasteiger partial charge in [0, 0.05) is 73.4 Å². The smallest absolute Gasteiger partial charge is 0.373 e. The van der Waals surface area contributed by atoms with Gasteiger partial charge in [-0.3, -0.25) is 23.1 Å². The number of unbranched alkanes of at least 4 members (excludes halogenated alkanes) is 1. The summed E-state index contributed by atoms with van der Waals surface area (Å²) in [6.45, 7) is 11.9. The van der Waals surface area contributed by atoms with Crippen molar-refractivity contribution >= 4 is 114 Å². The van der Waals surface area contributed by atoms with E-state index in [2.05, 4.69) is 22.6 Å². The van der Waals surface area contributed by atoms with Gasteiger partial charge in [0.1, 0.15) is 98.8 Å². The molecule has 0 bridgehead atoms. The Morgan fingerprint density at radius 1 is 0.358 bits per heavy atom. The number of carbonyl (C=O) groups is 7.